The van der Waals surface area contributed by atoms with Crippen LogP contribution in [-0.2, 0) is 35.6 Å². The summed E-state index contributed by atoms with van der Waals surface area (Å²) in [5.74, 6) is 5.20. The van der Waals surface area contributed by atoms with Crippen molar-refractivity contribution in [2.24, 2.45) is 0 Å². The van der Waals surface area contributed by atoms with E-state index in [0.717, 1.165) is 33.5 Å². The van der Waals surface area contributed by atoms with Crippen LogP contribution in [0.25, 0.3) is 74.7 Å². The molecule has 8 rings (SSSR count). The molecule has 9 nitrogen and oxygen atoms in total. The maximum atomic E-state index is 13.3. The second-order valence-corrected chi connectivity index (χ2v) is 13.8. The van der Waals surface area contributed by atoms with Crippen LogP contribution < -0.4 is 14.9 Å². The minimum Gasteiger partial charge on any atom is -0.657 e. The Labute approximate surface area is 358 Å². The zero-order valence-corrected chi connectivity index (χ0v) is 34.4. The van der Waals surface area contributed by atoms with E-state index in [9.17, 15) is 9.59 Å². The zero-order valence-electron chi connectivity index (χ0n) is 33.4. The third-order valence-electron chi connectivity index (χ3n) is 9.77. The Hall–Kier alpha value is -7.21. The fourth-order valence-corrected chi connectivity index (χ4v) is 6.93. The van der Waals surface area contributed by atoms with E-state index in [0.29, 0.717) is 56.0 Å². The predicted molar refractivity (Wildman–Crippen MR) is 236 cm³/mol. The smallest absolute Gasteiger partial charge is 0.657 e. The van der Waals surface area contributed by atoms with Crippen LogP contribution in [0.5, 0.6) is 0 Å². The first-order chi connectivity index (χ1) is 28.8. The number of nitrogens with zero attached hydrogens (tertiary/aromatic N) is 5. The van der Waals surface area contributed by atoms with Gasteiger partial charge in [-0.2, -0.15) is 0 Å². The van der Waals surface area contributed by atoms with Crippen LogP contribution in [0.2, 0.25) is 0 Å². The molecule has 0 saturated heterocycles. The van der Waals surface area contributed by atoms with Gasteiger partial charge in [-0.1, -0.05) is 96.8 Å². The summed E-state index contributed by atoms with van der Waals surface area (Å²) in [5, 5.41) is 0. The number of aromatic nitrogens is 4. The van der Waals surface area contributed by atoms with Gasteiger partial charge in [0.05, 0.1) is 36.0 Å². The molecular formula is C50H39N5NiO4. The summed E-state index contributed by atoms with van der Waals surface area (Å²) in [6, 6.07) is 35.6. The Morgan fingerprint density at radius 3 is 1.63 bits per heavy atom. The molecule has 0 amide bonds. The number of esters is 2. The number of hydrogen-bond acceptors (Lipinski definition) is 7. The second-order valence-electron chi connectivity index (χ2n) is 13.8. The summed E-state index contributed by atoms with van der Waals surface area (Å²) in [5.41, 5.74) is 11.1. The van der Waals surface area contributed by atoms with Gasteiger partial charge in [0.15, 0.2) is 0 Å². The van der Waals surface area contributed by atoms with Crippen molar-refractivity contribution < 1.29 is 35.6 Å². The molecule has 298 valence electrons. The minimum absolute atomic E-state index is 0. The van der Waals surface area contributed by atoms with E-state index in [1.165, 1.54) is 6.08 Å². The van der Waals surface area contributed by atoms with Gasteiger partial charge in [0.1, 0.15) is 5.57 Å². The maximum absolute atomic E-state index is 13.3. The third-order valence-corrected chi connectivity index (χ3v) is 9.77. The monoisotopic (exact) mass is 831 g/mol. The SMILES string of the molecule is CCOC(=O)C(=Cc1c2nc(c(-c3ccccc3)c3ccc([n-]3)c(C#Cc3ccc(N(C)C)cc3)c3nc(c(-c4ccccc4)c4ccc1[n-]4)C=C3)C=C2)C(=O)OCC.[Ni+2]. The number of carbonyl (C=O) groups is 2. The van der Waals surface area contributed by atoms with Crippen LogP contribution in [-0.4, -0.2) is 49.2 Å². The summed E-state index contributed by atoms with van der Waals surface area (Å²) in [7, 11) is 4.02. The van der Waals surface area contributed by atoms with Gasteiger partial charge in [0.2, 0.25) is 0 Å². The van der Waals surface area contributed by atoms with Crippen molar-refractivity contribution in [3.05, 3.63) is 154 Å². The van der Waals surface area contributed by atoms with E-state index in [1.54, 1.807) is 13.8 Å². The predicted octanol–water partition coefficient (Wildman–Crippen LogP) is 9.22. The minimum atomic E-state index is -0.806. The van der Waals surface area contributed by atoms with Gasteiger partial charge < -0.3 is 24.3 Å². The van der Waals surface area contributed by atoms with Gasteiger partial charge in [-0.05, 0) is 96.3 Å². The molecule has 2 aliphatic rings. The van der Waals surface area contributed by atoms with Crippen LogP contribution in [0.1, 0.15) is 53.3 Å². The molecular weight excluding hydrogens is 793 g/mol. The van der Waals surface area contributed by atoms with Gasteiger partial charge in [0.25, 0.3) is 0 Å². The normalized spacial score (nSPS) is 11.2. The summed E-state index contributed by atoms with van der Waals surface area (Å²) >= 11 is 0. The van der Waals surface area contributed by atoms with Gasteiger partial charge in [-0.3, -0.25) is 0 Å². The van der Waals surface area contributed by atoms with E-state index < -0.39 is 11.9 Å². The Morgan fingerprint density at radius 1 is 0.600 bits per heavy atom. The molecule has 0 spiro atoms. The number of hydrogen-bond donors (Lipinski definition) is 0. The first-order valence-electron chi connectivity index (χ1n) is 19.3. The summed E-state index contributed by atoms with van der Waals surface area (Å²) in [6.45, 7) is 3.51. The van der Waals surface area contributed by atoms with Crippen molar-refractivity contribution in [2.75, 3.05) is 32.2 Å². The van der Waals surface area contributed by atoms with Crippen LogP contribution in [0.4, 0.5) is 5.69 Å². The van der Waals surface area contributed by atoms with E-state index in [2.05, 4.69) is 16.7 Å². The number of benzene rings is 3. The quantitative estimate of drug-likeness (QED) is 0.0370. The van der Waals surface area contributed by atoms with Crippen LogP contribution >= 0.6 is 0 Å². The molecule has 3 aromatic heterocycles. The van der Waals surface area contributed by atoms with Crippen molar-refractivity contribution >= 4 is 70.1 Å². The van der Waals surface area contributed by atoms with E-state index in [-0.39, 0.29) is 35.3 Å². The van der Waals surface area contributed by atoms with E-state index in [1.807, 2.05) is 148 Å². The molecule has 0 saturated carbocycles. The van der Waals surface area contributed by atoms with Gasteiger partial charge in [0, 0.05) is 30.9 Å². The van der Waals surface area contributed by atoms with Crippen LogP contribution in [0.15, 0.2) is 115 Å². The third kappa shape index (κ3) is 8.49. The number of ether oxygens (including phenoxy) is 2. The van der Waals surface area contributed by atoms with Crippen LogP contribution in [0, 0.1) is 11.8 Å². The average Bonchev–Trinajstić information content (AvgIpc) is 4.10. The second kappa shape index (κ2) is 18.2. The average molecular weight is 833 g/mol. The molecule has 0 atom stereocenters. The Balaban J connectivity index is 0.00000544. The molecule has 0 aliphatic carbocycles. The summed E-state index contributed by atoms with van der Waals surface area (Å²) in [4.78, 5) is 49.4. The fourth-order valence-electron chi connectivity index (χ4n) is 6.93. The van der Waals surface area contributed by atoms with Gasteiger partial charge in [-0.15, -0.1) is 22.1 Å². The first kappa shape index (κ1) is 41.0. The van der Waals surface area contributed by atoms with Crippen LogP contribution in [0.3, 0.4) is 0 Å². The number of carbonyl (C=O) groups excluding carboxylic acids is 2. The standard InChI is InChI=1S/C50H40N5O4.Ni/c1-5-58-49(56)38(50(57)59-6-2)31-37-41-25-29-45(53-41)47(33-13-9-7-10-14-33)43-27-23-39(51-43)36(22-19-32-17-20-35(21-18-32)55(3)4)40-24-28-44(52-40)48(34-15-11-8-12-16-34)46-30-26-42(37)54-46;/h7-18,20-21,23-31H,5-6H2,1-4H3,(H-,51,52,53,54,56,57);/q-1;+2/p-1. The van der Waals surface area contributed by atoms with E-state index in [4.69, 9.17) is 29.4 Å². The molecule has 0 N–H and O–H groups in total. The molecule has 2 aliphatic heterocycles. The summed E-state index contributed by atoms with van der Waals surface area (Å²) < 4.78 is 10.7. The van der Waals surface area contributed by atoms with E-state index >= 15 is 0 Å². The van der Waals surface area contributed by atoms with Gasteiger partial charge >= 0.3 is 28.4 Å². The number of anilines is 1. The molecule has 5 heterocycles. The first-order valence-corrected chi connectivity index (χ1v) is 19.3. The largest absolute Gasteiger partial charge is 2.00 e. The number of rotatable bonds is 8. The van der Waals surface area contributed by atoms with Crippen molar-refractivity contribution in [1.82, 2.24) is 19.9 Å². The molecule has 0 radical (unpaired) electrons. The Bertz CT molecular complexity index is 2860. The van der Waals surface area contributed by atoms with Crippen molar-refractivity contribution in [2.45, 2.75) is 13.8 Å². The maximum Gasteiger partial charge on any atom is 2.00 e. The zero-order chi connectivity index (χ0) is 40.9. The molecule has 8 bridgehead atoms. The molecule has 10 heteroatoms. The fraction of sp³-hybridized carbons (Fsp3) is 0.120. The summed E-state index contributed by atoms with van der Waals surface area (Å²) in [6.07, 6.45) is 9.16. The molecule has 0 fully saturated rings. The molecule has 3 aromatic carbocycles. The number of fused-ring (bicyclic) bond motifs is 8. The molecule has 0 unspecified atom stereocenters. The topological polar surface area (TPSA) is 110 Å². The van der Waals surface area contributed by atoms with Crippen molar-refractivity contribution in [3.63, 3.8) is 0 Å². The Morgan fingerprint density at radius 2 is 1.08 bits per heavy atom. The Kier molecular flexibility index (Phi) is 12.4. The molecule has 6 aromatic rings. The van der Waals surface area contributed by atoms with Crippen molar-refractivity contribution in [1.29, 1.82) is 0 Å². The van der Waals surface area contributed by atoms with Crippen molar-refractivity contribution in [3.8, 4) is 34.1 Å². The van der Waals surface area contributed by atoms with Gasteiger partial charge in [-0.25, -0.2) is 19.6 Å². The molecule has 60 heavy (non-hydrogen) atoms.